The normalized spacial score (nSPS) is 12.6. The Morgan fingerprint density at radius 3 is 2.33 bits per heavy atom. The molecule has 2 heteroatoms. The summed E-state index contributed by atoms with van der Waals surface area (Å²) in [5, 5.41) is 0. The van der Waals surface area contributed by atoms with Crippen molar-refractivity contribution in [3.63, 3.8) is 0 Å². The van der Waals surface area contributed by atoms with Crippen LogP contribution in [-0.2, 0) is 0 Å². The highest BCUT2D eigenvalue weighted by Crippen LogP contribution is 2.15. The second kappa shape index (κ2) is 4.12. The maximum atomic E-state index is 5.70. The van der Waals surface area contributed by atoms with Crippen LogP contribution in [0.1, 0.15) is 25.5 Å². The lowest BCUT2D eigenvalue weighted by atomic mass is 10.1. The lowest BCUT2D eigenvalue weighted by Gasteiger charge is -2.06. The molecule has 1 aromatic rings. The van der Waals surface area contributed by atoms with Crippen molar-refractivity contribution in [3.8, 4) is 5.75 Å². The summed E-state index contributed by atoms with van der Waals surface area (Å²) < 4.78 is 5.30. The fraction of sp³-hybridized carbons (Fsp3) is 0.400. The topological polar surface area (TPSA) is 35.2 Å². The molecule has 0 fully saturated rings. The van der Waals surface area contributed by atoms with Crippen molar-refractivity contribution in [2.24, 2.45) is 5.73 Å². The maximum Gasteiger partial charge on any atom is 0.119 e. The van der Waals surface area contributed by atoms with E-state index in [1.807, 2.05) is 38.1 Å². The summed E-state index contributed by atoms with van der Waals surface area (Å²) in [6.45, 7) is 4.65. The molecule has 1 atom stereocenters. The van der Waals surface area contributed by atoms with Gasteiger partial charge in [0.2, 0.25) is 0 Å². The highest BCUT2D eigenvalue weighted by Gasteiger charge is 1.98. The number of nitrogens with two attached hydrogens (primary N) is 1. The molecule has 0 unspecified atom stereocenters. The van der Waals surface area contributed by atoms with Crippen LogP contribution in [-0.4, -0.2) is 6.61 Å². The van der Waals surface area contributed by atoms with Gasteiger partial charge in [0.1, 0.15) is 5.75 Å². The summed E-state index contributed by atoms with van der Waals surface area (Å²) in [5.41, 5.74) is 6.83. The number of rotatable bonds is 3. The Morgan fingerprint density at radius 2 is 1.92 bits per heavy atom. The molecule has 12 heavy (non-hydrogen) atoms. The van der Waals surface area contributed by atoms with Gasteiger partial charge in [-0.05, 0) is 31.5 Å². The lowest BCUT2D eigenvalue weighted by molar-refractivity contribution is 0.340. The predicted molar refractivity (Wildman–Crippen MR) is 50.2 cm³/mol. The largest absolute Gasteiger partial charge is 0.494 e. The van der Waals surface area contributed by atoms with E-state index in [0.29, 0.717) is 6.61 Å². The van der Waals surface area contributed by atoms with Gasteiger partial charge in [-0.3, -0.25) is 0 Å². The van der Waals surface area contributed by atoms with Crippen LogP contribution in [0.25, 0.3) is 0 Å². The summed E-state index contributed by atoms with van der Waals surface area (Å²) in [4.78, 5) is 0. The summed E-state index contributed by atoms with van der Waals surface area (Å²) in [7, 11) is 0. The summed E-state index contributed by atoms with van der Waals surface area (Å²) >= 11 is 0. The molecule has 66 valence electrons. The third kappa shape index (κ3) is 2.24. The fourth-order valence-electron chi connectivity index (χ4n) is 1.03. The molecular weight excluding hydrogens is 150 g/mol. The van der Waals surface area contributed by atoms with Gasteiger partial charge in [-0.25, -0.2) is 0 Å². The number of hydrogen-bond acceptors (Lipinski definition) is 2. The van der Waals surface area contributed by atoms with Gasteiger partial charge in [0, 0.05) is 6.04 Å². The molecule has 0 saturated carbocycles. The van der Waals surface area contributed by atoms with E-state index in [2.05, 4.69) is 0 Å². The highest BCUT2D eigenvalue weighted by atomic mass is 16.5. The Morgan fingerprint density at radius 1 is 1.33 bits per heavy atom. The molecule has 0 aliphatic heterocycles. The second-order valence-corrected chi connectivity index (χ2v) is 2.79. The lowest BCUT2D eigenvalue weighted by Crippen LogP contribution is -2.04. The van der Waals surface area contributed by atoms with Crippen molar-refractivity contribution >= 4 is 0 Å². The zero-order valence-electron chi connectivity index (χ0n) is 7.58. The monoisotopic (exact) mass is 165 g/mol. The molecule has 0 bridgehead atoms. The van der Waals surface area contributed by atoms with Gasteiger partial charge in [0.15, 0.2) is 0 Å². The van der Waals surface area contributed by atoms with Crippen molar-refractivity contribution in [3.05, 3.63) is 29.8 Å². The number of hydrogen-bond donors (Lipinski definition) is 1. The standard InChI is InChI=1S/C10H15NO/c1-3-12-10-6-4-9(5-7-10)8(2)11/h4-8H,3,11H2,1-2H3/t8-/m1/s1. The van der Waals surface area contributed by atoms with Crippen LogP contribution in [0.3, 0.4) is 0 Å². The summed E-state index contributed by atoms with van der Waals surface area (Å²) in [5.74, 6) is 0.905. The average Bonchev–Trinajstić information content (AvgIpc) is 2.06. The van der Waals surface area contributed by atoms with E-state index in [1.54, 1.807) is 0 Å². The Hall–Kier alpha value is -1.02. The van der Waals surface area contributed by atoms with Crippen molar-refractivity contribution < 1.29 is 4.74 Å². The molecule has 0 aromatic heterocycles. The maximum absolute atomic E-state index is 5.70. The first-order valence-electron chi connectivity index (χ1n) is 4.22. The van der Waals surface area contributed by atoms with Crippen LogP contribution >= 0.6 is 0 Å². The van der Waals surface area contributed by atoms with E-state index < -0.39 is 0 Å². The molecule has 0 amide bonds. The Balaban J connectivity index is 2.71. The number of ether oxygens (including phenoxy) is 1. The molecule has 0 saturated heterocycles. The Labute approximate surface area is 73.3 Å². The van der Waals surface area contributed by atoms with Crippen LogP contribution in [0.4, 0.5) is 0 Å². The van der Waals surface area contributed by atoms with Gasteiger partial charge in [-0.15, -0.1) is 0 Å². The first-order valence-corrected chi connectivity index (χ1v) is 4.22. The predicted octanol–water partition coefficient (Wildman–Crippen LogP) is 2.10. The van der Waals surface area contributed by atoms with Crippen molar-refractivity contribution in [2.45, 2.75) is 19.9 Å². The van der Waals surface area contributed by atoms with Gasteiger partial charge >= 0.3 is 0 Å². The molecule has 0 heterocycles. The van der Waals surface area contributed by atoms with Gasteiger partial charge in [-0.1, -0.05) is 12.1 Å². The molecule has 1 aromatic carbocycles. The van der Waals surface area contributed by atoms with Crippen molar-refractivity contribution in [1.29, 1.82) is 0 Å². The zero-order chi connectivity index (χ0) is 8.97. The Bertz CT molecular complexity index is 228. The zero-order valence-corrected chi connectivity index (χ0v) is 7.58. The quantitative estimate of drug-likeness (QED) is 0.744. The van der Waals surface area contributed by atoms with E-state index in [1.165, 1.54) is 0 Å². The molecule has 2 nitrogen and oxygen atoms in total. The molecule has 0 aliphatic carbocycles. The van der Waals surface area contributed by atoms with E-state index >= 15 is 0 Å². The SMILES string of the molecule is CCOc1ccc([C@@H](C)N)cc1. The average molecular weight is 165 g/mol. The minimum Gasteiger partial charge on any atom is -0.494 e. The smallest absolute Gasteiger partial charge is 0.119 e. The van der Waals surface area contributed by atoms with Gasteiger partial charge in [-0.2, -0.15) is 0 Å². The summed E-state index contributed by atoms with van der Waals surface area (Å²) in [6.07, 6.45) is 0. The van der Waals surface area contributed by atoms with Crippen molar-refractivity contribution in [2.75, 3.05) is 6.61 Å². The third-order valence-corrected chi connectivity index (χ3v) is 1.72. The molecule has 2 N–H and O–H groups in total. The fourth-order valence-corrected chi connectivity index (χ4v) is 1.03. The van der Waals surface area contributed by atoms with Gasteiger partial charge in [0.25, 0.3) is 0 Å². The first kappa shape index (κ1) is 9.07. The minimum atomic E-state index is 0.0978. The second-order valence-electron chi connectivity index (χ2n) is 2.79. The van der Waals surface area contributed by atoms with Crippen molar-refractivity contribution in [1.82, 2.24) is 0 Å². The van der Waals surface area contributed by atoms with Crippen LogP contribution < -0.4 is 10.5 Å². The van der Waals surface area contributed by atoms with E-state index in [-0.39, 0.29) is 6.04 Å². The van der Waals surface area contributed by atoms with Crippen LogP contribution in [0, 0.1) is 0 Å². The Kier molecular flexibility index (Phi) is 3.11. The summed E-state index contributed by atoms with van der Waals surface area (Å²) in [6, 6.07) is 7.98. The number of benzene rings is 1. The third-order valence-electron chi connectivity index (χ3n) is 1.72. The molecule has 0 radical (unpaired) electrons. The molecular formula is C10H15NO. The van der Waals surface area contributed by atoms with E-state index in [0.717, 1.165) is 11.3 Å². The van der Waals surface area contributed by atoms with Gasteiger partial charge < -0.3 is 10.5 Å². The van der Waals surface area contributed by atoms with Gasteiger partial charge in [0.05, 0.1) is 6.61 Å². The minimum absolute atomic E-state index is 0.0978. The molecule has 1 rings (SSSR count). The van der Waals surface area contributed by atoms with Crippen LogP contribution in [0.2, 0.25) is 0 Å². The van der Waals surface area contributed by atoms with Crippen LogP contribution in [0.5, 0.6) is 5.75 Å². The molecule has 0 aliphatic rings. The van der Waals surface area contributed by atoms with Crippen LogP contribution in [0.15, 0.2) is 24.3 Å². The van der Waals surface area contributed by atoms with E-state index in [9.17, 15) is 0 Å². The first-order chi connectivity index (χ1) is 5.74. The highest BCUT2D eigenvalue weighted by molar-refractivity contribution is 5.28. The van der Waals surface area contributed by atoms with E-state index in [4.69, 9.17) is 10.5 Å². The molecule has 0 spiro atoms.